The van der Waals surface area contributed by atoms with Gasteiger partial charge in [0.2, 0.25) is 29.6 Å². The van der Waals surface area contributed by atoms with Gasteiger partial charge in [0.05, 0.1) is 25.6 Å². The second-order valence-electron chi connectivity index (χ2n) is 16.8. The summed E-state index contributed by atoms with van der Waals surface area (Å²) in [5, 5.41) is 18.4. The van der Waals surface area contributed by atoms with E-state index in [1.54, 1.807) is 53.6 Å². The van der Waals surface area contributed by atoms with Crippen LogP contribution in [0.2, 0.25) is 0 Å². The Balaban J connectivity index is 0.000000175. The summed E-state index contributed by atoms with van der Waals surface area (Å²) in [6.45, 7) is 11.5. The second-order valence-corrected chi connectivity index (χ2v) is 16.8. The van der Waals surface area contributed by atoms with Crippen molar-refractivity contribution in [1.82, 2.24) is 39.0 Å². The average Bonchev–Trinajstić information content (AvgIpc) is 4.06. The van der Waals surface area contributed by atoms with Crippen molar-refractivity contribution < 1.29 is 23.7 Å². The van der Waals surface area contributed by atoms with Gasteiger partial charge in [0, 0.05) is 112 Å². The number of carbonyl (C=O) groups excluding carboxylic acids is 1. The van der Waals surface area contributed by atoms with E-state index in [1.807, 2.05) is 79.1 Å². The molecule has 8 aromatic rings. The van der Waals surface area contributed by atoms with Crippen LogP contribution < -0.4 is 50.4 Å². The molecule has 2 aliphatic heterocycles. The van der Waals surface area contributed by atoms with Crippen molar-refractivity contribution in [3.63, 3.8) is 0 Å². The van der Waals surface area contributed by atoms with Gasteiger partial charge in [-0.25, -0.2) is 9.03 Å². The van der Waals surface area contributed by atoms with E-state index in [0.29, 0.717) is 57.8 Å². The molecule has 0 saturated carbocycles. The highest BCUT2D eigenvalue weighted by Gasteiger charge is 2.20. The van der Waals surface area contributed by atoms with Crippen molar-refractivity contribution in [2.75, 3.05) is 112 Å². The van der Waals surface area contributed by atoms with Crippen molar-refractivity contribution in [1.29, 1.82) is 0 Å². The molecule has 0 atom stereocenters. The number of aromatic nitrogens is 6. The van der Waals surface area contributed by atoms with Gasteiger partial charge >= 0.3 is 0 Å². The molecular weight excluding hydrogens is 889 g/mol. The third-order valence-electron chi connectivity index (χ3n) is 11.9. The lowest BCUT2D eigenvalue weighted by molar-refractivity contribution is -0.111. The number of anilines is 8. The number of piperazine rings is 2. The van der Waals surface area contributed by atoms with E-state index in [1.165, 1.54) is 6.08 Å². The molecule has 0 spiro atoms. The van der Waals surface area contributed by atoms with Crippen LogP contribution in [0.15, 0.2) is 134 Å². The van der Waals surface area contributed by atoms with Gasteiger partial charge < -0.3 is 60.2 Å². The molecule has 5 N–H and O–H groups in total. The van der Waals surface area contributed by atoms with E-state index in [0.717, 1.165) is 86.4 Å². The minimum atomic E-state index is -0.299. The van der Waals surface area contributed by atoms with Crippen LogP contribution in [0.25, 0.3) is 11.0 Å². The number of methoxy groups -OCH3 is 2. The first-order chi connectivity index (χ1) is 34.1. The lowest BCUT2D eigenvalue weighted by Gasteiger charge is -2.34. The highest BCUT2D eigenvalue weighted by atomic mass is 16.5. The van der Waals surface area contributed by atoms with E-state index >= 15 is 0 Å². The van der Waals surface area contributed by atoms with Gasteiger partial charge in [0.25, 0.3) is 0 Å². The van der Waals surface area contributed by atoms with E-state index in [-0.39, 0.29) is 5.91 Å². The van der Waals surface area contributed by atoms with Gasteiger partial charge in [-0.3, -0.25) is 4.79 Å². The maximum Gasteiger partial charge on any atom is 0.248 e. The van der Waals surface area contributed by atoms with Crippen molar-refractivity contribution >= 4 is 63.0 Å². The Morgan fingerprint density at radius 3 is 1.57 bits per heavy atom. The summed E-state index contributed by atoms with van der Waals surface area (Å²) in [6.07, 6.45) is 4.89. The van der Waals surface area contributed by atoms with Crippen LogP contribution in [0.1, 0.15) is 0 Å². The average molecular weight is 945 g/mol. The highest BCUT2D eigenvalue weighted by Crippen LogP contribution is 2.35. The van der Waals surface area contributed by atoms with Crippen LogP contribution in [0.3, 0.4) is 0 Å². The summed E-state index contributed by atoms with van der Waals surface area (Å²) in [7, 11) is 7.61. The standard InChI is InChI=1S/C27H29N7O3.C24H27N7O2/c1-4-25(35)28-19-7-5-8-21(17-19)37-26-23-9-6-12-34(23)31-27(30-26)29-22-11-10-20(18-24(22)36-3)33-15-13-32(2)14-16-33;1-29-11-13-30(14-12-29)18-8-9-20(22(16-18)32-2)26-24-27-23(21-7-4-10-31(21)28-24)33-19-6-3-5-17(25)15-19/h4-12,17-18H,1,13-16H2,2-3H3,(H,28,35)(H,29,31);3-10,15-16H,11-14,25H2,1-2H3,(H,26,28). The number of hydrogen-bond acceptors (Lipinski definition) is 16. The van der Waals surface area contributed by atoms with Gasteiger partial charge in [-0.1, -0.05) is 18.7 Å². The fourth-order valence-electron chi connectivity index (χ4n) is 8.03. The number of benzene rings is 4. The maximum absolute atomic E-state index is 11.7. The monoisotopic (exact) mass is 944 g/mol. The molecule has 19 nitrogen and oxygen atoms in total. The highest BCUT2D eigenvalue weighted by molar-refractivity contribution is 5.99. The number of hydrogen-bond donors (Lipinski definition) is 4. The number of nitrogens with two attached hydrogens (primary N) is 1. The molecule has 0 bridgehead atoms. The predicted molar refractivity (Wildman–Crippen MR) is 274 cm³/mol. The van der Waals surface area contributed by atoms with Crippen LogP contribution in [-0.2, 0) is 4.79 Å². The lowest BCUT2D eigenvalue weighted by Crippen LogP contribution is -2.44. The van der Waals surface area contributed by atoms with Gasteiger partial charge in [0.15, 0.2) is 0 Å². The van der Waals surface area contributed by atoms with Crippen molar-refractivity contribution in [2.45, 2.75) is 0 Å². The summed E-state index contributed by atoms with van der Waals surface area (Å²) in [5.74, 6) is 3.78. The third kappa shape index (κ3) is 11.1. The minimum absolute atomic E-state index is 0.299. The molecule has 4 aromatic carbocycles. The zero-order valence-corrected chi connectivity index (χ0v) is 39.6. The SMILES string of the molecule is C=CC(=O)Nc1cccc(Oc2nc(Nc3ccc(N4CCN(C)CC4)cc3OC)nn3cccc23)c1.COc1cc(N2CCN(C)CC2)ccc1Nc1nc(Oc2cccc(N)c2)c2cccn2n1. The molecule has 360 valence electrons. The van der Waals surface area contributed by atoms with Crippen molar-refractivity contribution in [2.24, 2.45) is 0 Å². The molecule has 19 heteroatoms. The second kappa shape index (κ2) is 21.2. The molecule has 0 aliphatic carbocycles. The quantitative estimate of drug-likeness (QED) is 0.0611. The number of nitrogens with zero attached hydrogens (tertiary/aromatic N) is 10. The smallest absolute Gasteiger partial charge is 0.248 e. The number of amides is 1. The maximum atomic E-state index is 11.7. The molecule has 2 saturated heterocycles. The molecule has 2 fully saturated rings. The Labute approximate surface area is 405 Å². The van der Waals surface area contributed by atoms with E-state index < -0.39 is 0 Å². The Morgan fingerprint density at radius 1 is 0.614 bits per heavy atom. The Kier molecular flexibility index (Phi) is 14.1. The van der Waals surface area contributed by atoms with E-state index in [9.17, 15) is 4.79 Å². The molecule has 4 aromatic heterocycles. The van der Waals surface area contributed by atoms with Crippen LogP contribution in [0, 0.1) is 0 Å². The van der Waals surface area contributed by atoms with Crippen LogP contribution >= 0.6 is 0 Å². The summed E-state index contributed by atoms with van der Waals surface area (Å²) in [6, 6.07) is 34.1. The van der Waals surface area contributed by atoms with E-state index in [2.05, 4.69) is 88.5 Å². The third-order valence-corrected chi connectivity index (χ3v) is 11.9. The molecule has 0 radical (unpaired) electrons. The zero-order chi connectivity index (χ0) is 48.6. The molecule has 0 unspecified atom stereocenters. The van der Waals surface area contributed by atoms with Crippen LogP contribution in [-0.4, -0.2) is 126 Å². The number of ether oxygens (including phenoxy) is 4. The zero-order valence-electron chi connectivity index (χ0n) is 39.6. The lowest BCUT2D eigenvalue weighted by atomic mass is 10.2. The molecule has 10 rings (SSSR count). The summed E-state index contributed by atoms with van der Waals surface area (Å²) in [5.41, 5.74) is 12.3. The minimum Gasteiger partial charge on any atom is -0.494 e. The summed E-state index contributed by atoms with van der Waals surface area (Å²) < 4.78 is 26.9. The summed E-state index contributed by atoms with van der Waals surface area (Å²) in [4.78, 5) is 30.3. The first-order valence-corrected chi connectivity index (χ1v) is 22.8. The van der Waals surface area contributed by atoms with Gasteiger partial charge in [-0.2, -0.15) is 9.97 Å². The van der Waals surface area contributed by atoms with Gasteiger partial charge in [-0.15, -0.1) is 10.2 Å². The normalized spacial score (nSPS) is 14.1. The Bertz CT molecular complexity index is 3110. The fourth-order valence-corrected chi connectivity index (χ4v) is 8.03. The Hall–Kier alpha value is -8.55. The predicted octanol–water partition coefficient (Wildman–Crippen LogP) is 7.76. The Morgan fingerprint density at radius 2 is 1.10 bits per heavy atom. The molecule has 6 heterocycles. The van der Waals surface area contributed by atoms with Crippen molar-refractivity contribution in [3.8, 4) is 34.8 Å². The number of nitrogens with one attached hydrogen (secondary N) is 3. The van der Waals surface area contributed by atoms with Crippen molar-refractivity contribution in [3.05, 3.63) is 134 Å². The largest absolute Gasteiger partial charge is 0.494 e. The molecule has 70 heavy (non-hydrogen) atoms. The molecule has 1 amide bonds. The fraction of sp³-hybridized carbons (Fsp3) is 0.235. The van der Waals surface area contributed by atoms with Crippen LogP contribution in [0.4, 0.5) is 46.0 Å². The first kappa shape index (κ1) is 46.6. The number of fused-ring (bicyclic) bond motifs is 2. The summed E-state index contributed by atoms with van der Waals surface area (Å²) >= 11 is 0. The number of likely N-dealkylation sites (N-methyl/N-ethyl adjacent to an activating group) is 2. The topological polar surface area (TPSA) is 189 Å². The number of rotatable bonds is 14. The van der Waals surface area contributed by atoms with Gasteiger partial charge in [-0.05, 0) is 93.0 Å². The van der Waals surface area contributed by atoms with E-state index in [4.69, 9.17) is 24.7 Å². The number of nitrogen functional groups attached to an aromatic ring is 1. The molecular formula is C51H56N14O5. The molecule has 2 aliphatic rings. The van der Waals surface area contributed by atoms with Crippen LogP contribution in [0.5, 0.6) is 34.8 Å². The van der Waals surface area contributed by atoms with Gasteiger partial charge in [0.1, 0.15) is 34.0 Å². The number of carbonyl (C=O) groups is 1. The first-order valence-electron chi connectivity index (χ1n) is 22.8.